The van der Waals surface area contributed by atoms with Crippen molar-refractivity contribution in [2.24, 2.45) is 5.73 Å². The van der Waals surface area contributed by atoms with E-state index in [1.54, 1.807) is 0 Å². The number of hydrogen-bond donors (Lipinski definition) is 6. The Morgan fingerprint density at radius 1 is 1.10 bits per heavy atom. The van der Waals surface area contributed by atoms with Crippen molar-refractivity contribution in [1.82, 2.24) is 10.6 Å². The average Bonchev–Trinajstić information content (AvgIpc) is 2.39. The number of carbonyl (C=O) groups is 4. The van der Waals surface area contributed by atoms with Gasteiger partial charge in [-0.2, -0.15) is 12.6 Å². The molecule has 0 unspecified atom stereocenters. The van der Waals surface area contributed by atoms with Gasteiger partial charge >= 0.3 is 11.9 Å². The zero-order valence-corrected chi connectivity index (χ0v) is 12.3. The summed E-state index contributed by atoms with van der Waals surface area (Å²) in [5.41, 5.74) is 5.35. The molecule has 2 amide bonds. The molecule has 0 fully saturated rings. The molecule has 0 aromatic heterocycles. The molecular weight excluding hydrogens is 302 g/mol. The second-order valence-corrected chi connectivity index (χ2v) is 4.73. The zero-order chi connectivity index (χ0) is 16.6. The van der Waals surface area contributed by atoms with E-state index in [0.29, 0.717) is 0 Å². The molecule has 10 heteroatoms. The third-order valence-electron chi connectivity index (χ3n) is 2.49. The minimum Gasteiger partial charge on any atom is -0.481 e. The molecule has 6 N–H and O–H groups in total. The molecule has 9 nitrogen and oxygen atoms in total. The van der Waals surface area contributed by atoms with Gasteiger partial charge in [0.2, 0.25) is 11.8 Å². The van der Waals surface area contributed by atoms with Gasteiger partial charge in [0.25, 0.3) is 0 Å². The van der Waals surface area contributed by atoms with Crippen molar-refractivity contribution in [2.45, 2.75) is 37.9 Å². The Kier molecular flexibility index (Phi) is 8.39. The van der Waals surface area contributed by atoms with Crippen LogP contribution in [0.4, 0.5) is 0 Å². The second-order valence-electron chi connectivity index (χ2n) is 4.36. The molecule has 0 aliphatic carbocycles. The van der Waals surface area contributed by atoms with Gasteiger partial charge in [-0.25, -0.2) is 4.79 Å². The smallest absolute Gasteiger partial charge is 0.327 e. The molecule has 0 aliphatic rings. The molecule has 120 valence electrons. The Morgan fingerprint density at radius 2 is 1.62 bits per heavy atom. The van der Waals surface area contributed by atoms with Crippen molar-refractivity contribution in [3.05, 3.63) is 0 Å². The Balaban J connectivity index is 4.83. The summed E-state index contributed by atoms with van der Waals surface area (Å²) in [5.74, 6) is -4.01. The van der Waals surface area contributed by atoms with Gasteiger partial charge in [0, 0.05) is 12.2 Å². The van der Waals surface area contributed by atoms with E-state index >= 15 is 0 Å². The Labute approximate surface area is 126 Å². The van der Waals surface area contributed by atoms with E-state index in [1.807, 2.05) is 0 Å². The van der Waals surface area contributed by atoms with E-state index in [-0.39, 0.29) is 18.6 Å². The van der Waals surface area contributed by atoms with Crippen LogP contribution in [0, 0.1) is 0 Å². The van der Waals surface area contributed by atoms with Crippen LogP contribution in [0.5, 0.6) is 0 Å². The normalized spacial score (nSPS) is 14.6. The van der Waals surface area contributed by atoms with E-state index in [1.165, 1.54) is 6.92 Å². The standard InChI is InChI=1S/C11H19N3O6S/c1-5(12)9(17)13-6(2-3-8(15)16)10(18)14-7(4-21)11(19)20/h5-7,21H,2-4,12H2,1H3,(H,13,17)(H,14,18)(H,15,16)(H,19,20)/t5-,6-,7-/m0/s1. The molecule has 0 aromatic rings. The number of aliphatic carboxylic acids is 2. The number of hydrogen-bond acceptors (Lipinski definition) is 6. The van der Waals surface area contributed by atoms with Crippen LogP contribution in [-0.4, -0.2) is 57.8 Å². The highest BCUT2D eigenvalue weighted by Gasteiger charge is 2.26. The molecular formula is C11H19N3O6S. The van der Waals surface area contributed by atoms with Gasteiger partial charge in [-0.05, 0) is 13.3 Å². The predicted octanol–water partition coefficient (Wildman–Crippen LogP) is -1.82. The molecule has 0 heterocycles. The van der Waals surface area contributed by atoms with Gasteiger partial charge in [0.15, 0.2) is 0 Å². The topological polar surface area (TPSA) is 159 Å². The first kappa shape index (κ1) is 19.2. The molecule has 0 spiro atoms. The van der Waals surface area contributed by atoms with Crippen molar-refractivity contribution < 1.29 is 29.4 Å². The summed E-state index contributed by atoms with van der Waals surface area (Å²) in [6.07, 6.45) is -0.547. The quantitative estimate of drug-likeness (QED) is 0.273. The maximum atomic E-state index is 11.9. The first-order chi connectivity index (χ1) is 9.68. The highest BCUT2D eigenvalue weighted by molar-refractivity contribution is 7.80. The highest BCUT2D eigenvalue weighted by Crippen LogP contribution is 2.01. The van der Waals surface area contributed by atoms with Crippen LogP contribution in [0.2, 0.25) is 0 Å². The molecule has 21 heavy (non-hydrogen) atoms. The van der Waals surface area contributed by atoms with Crippen molar-refractivity contribution in [2.75, 3.05) is 5.75 Å². The summed E-state index contributed by atoms with van der Waals surface area (Å²) in [7, 11) is 0. The van der Waals surface area contributed by atoms with Crippen molar-refractivity contribution in [3.8, 4) is 0 Å². The third-order valence-corrected chi connectivity index (χ3v) is 2.86. The van der Waals surface area contributed by atoms with E-state index in [4.69, 9.17) is 15.9 Å². The summed E-state index contributed by atoms with van der Waals surface area (Å²) in [6.45, 7) is 1.40. The lowest BCUT2D eigenvalue weighted by atomic mass is 10.1. The maximum absolute atomic E-state index is 11.9. The Morgan fingerprint density at radius 3 is 2.00 bits per heavy atom. The lowest BCUT2D eigenvalue weighted by Gasteiger charge is -2.21. The monoisotopic (exact) mass is 321 g/mol. The SMILES string of the molecule is C[C@H](N)C(=O)N[C@@H](CCC(=O)O)C(=O)N[C@@H](CS)C(=O)O. The van der Waals surface area contributed by atoms with Gasteiger partial charge in [-0.1, -0.05) is 0 Å². The van der Waals surface area contributed by atoms with Gasteiger partial charge in [-0.15, -0.1) is 0 Å². The van der Waals surface area contributed by atoms with Gasteiger partial charge < -0.3 is 26.6 Å². The van der Waals surface area contributed by atoms with E-state index in [0.717, 1.165) is 0 Å². The predicted molar refractivity (Wildman–Crippen MR) is 75.9 cm³/mol. The van der Waals surface area contributed by atoms with Crippen molar-refractivity contribution >= 4 is 36.4 Å². The highest BCUT2D eigenvalue weighted by atomic mass is 32.1. The van der Waals surface area contributed by atoms with Crippen LogP contribution >= 0.6 is 12.6 Å². The first-order valence-corrected chi connectivity index (χ1v) is 6.74. The number of nitrogens with one attached hydrogen (secondary N) is 2. The lowest BCUT2D eigenvalue weighted by Crippen LogP contribution is -2.54. The van der Waals surface area contributed by atoms with Crippen molar-refractivity contribution in [1.29, 1.82) is 0 Å². The van der Waals surface area contributed by atoms with E-state index in [2.05, 4.69) is 23.3 Å². The summed E-state index contributed by atoms with van der Waals surface area (Å²) in [6, 6.07) is -3.30. The third kappa shape index (κ3) is 7.51. The van der Waals surface area contributed by atoms with Gasteiger partial charge in [0.1, 0.15) is 12.1 Å². The lowest BCUT2D eigenvalue weighted by molar-refractivity contribution is -0.142. The minimum absolute atomic E-state index is 0.145. The molecule has 0 saturated carbocycles. The number of carboxylic acid groups (broad SMARTS) is 2. The van der Waals surface area contributed by atoms with Crippen LogP contribution in [-0.2, 0) is 19.2 Å². The number of nitrogens with two attached hydrogens (primary N) is 1. The zero-order valence-electron chi connectivity index (χ0n) is 11.4. The van der Waals surface area contributed by atoms with Crippen LogP contribution in [0.1, 0.15) is 19.8 Å². The minimum atomic E-state index is -1.28. The maximum Gasteiger partial charge on any atom is 0.327 e. The van der Waals surface area contributed by atoms with E-state index in [9.17, 15) is 19.2 Å². The Bertz CT molecular complexity index is 415. The van der Waals surface area contributed by atoms with Crippen LogP contribution < -0.4 is 16.4 Å². The fraction of sp³-hybridized carbons (Fsp3) is 0.636. The molecule has 0 bridgehead atoms. The van der Waals surface area contributed by atoms with Gasteiger partial charge in [0.05, 0.1) is 6.04 Å². The molecule has 0 radical (unpaired) electrons. The average molecular weight is 321 g/mol. The summed E-state index contributed by atoms with van der Waals surface area (Å²) in [5, 5.41) is 21.9. The van der Waals surface area contributed by atoms with Crippen molar-refractivity contribution in [3.63, 3.8) is 0 Å². The molecule has 0 aromatic carbocycles. The fourth-order valence-corrected chi connectivity index (χ4v) is 1.55. The number of thiol groups is 1. The second kappa shape index (κ2) is 9.19. The van der Waals surface area contributed by atoms with Crippen LogP contribution in [0.15, 0.2) is 0 Å². The number of amides is 2. The number of carbonyl (C=O) groups excluding carboxylic acids is 2. The number of rotatable bonds is 9. The Hall–Kier alpha value is -1.81. The summed E-state index contributed by atoms with van der Waals surface area (Å²) in [4.78, 5) is 44.8. The fourth-order valence-electron chi connectivity index (χ4n) is 1.30. The van der Waals surface area contributed by atoms with E-state index < -0.39 is 41.9 Å². The molecule has 3 atom stereocenters. The first-order valence-electron chi connectivity index (χ1n) is 6.10. The molecule has 0 rings (SSSR count). The summed E-state index contributed by atoms with van der Waals surface area (Å²) >= 11 is 3.79. The summed E-state index contributed by atoms with van der Waals surface area (Å²) < 4.78 is 0. The molecule has 0 aliphatic heterocycles. The largest absolute Gasteiger partial charge is 0.481 e. The molecule has 0 saturated heterocycles. The van der Waals surface area contributed by atoms with Crippen LogP contribution in [0.25, 0.3) is 0 Å². The van der Waals surface area contributed by atoms with Gasteiger partial charge in [-0.3, -0.25) is 14.4 Å². The van der Waals surface area contributed by atoms with Crippen LogP contribution in [0.3, 0.4) is 0 Å². The number of carboxylic acids is 2.